The first kappa shape index (κ1) is 18.2. The molecule has 8 heteroatoms. The molecule has 3 aliphatic rings. The molecule has 0 saturated carbocycles. The Morgan fingerprint density at radius 2 is 1.96 bits per heavy atom. The summed E-state index contributed by atoms with van der Waals surface area (Å²) < 4.78 is 23.4. The van der Waals surface area contributed by atoms with Gasteiger partial charge in [-0.15, -0.1) is 0 Å². The van der Waals surface area contributed by atoms with Crippen LogP contribution in [0, 0.1) is 0 Å². The van der Waals surface area contributed by atoms with Gasteiger partial charge in [0.1, 0.15) is 5.71 Å². The van der Waals surface area contributed by atoms with Crippen LogP contribution in [0.2, 0.25) is 0 Å². The van der Waals surface area contributed by atoms with Crippen LogP contribution in [0.15, 0.2) is 23.3 Å². The van der Waals surface area contributed by atoms with Gasteiger partial charge in [0.15, 0.2) is 9.84 Å². The second-order valence-electron chi connectivity index (χ2n) is 7.45. The molecule has 1 aromatic rings. The third-order valence-corrected chi connectivity index (χ3v) is 7.27. The molecule has 0 radical (unpaired) electrons. The van der Waals surface area contributed by atoms with E-state index >= 15 is 0 Å². The minimum absolute atomic E-state index is 0.0641. The standard InChI is InChI=1S/C19H23N3O4S/c23-18-9-8-17(21-22(18)14-10-11-27(25,26)12-14)19(24)20-16-7-3-5-13-4-1-2-6-15(13)16/h3,5,7,14H,1-2,4,6,8-12H2,(H,20,24)/t14-/m1/s1. The van der Waals surface area contributed by atoms with E-state index < -0.39 is 15.9 Å². The number of carbonyl (C=O) groups excluding carboxylic acids is 2. The first-order valence-corrected chi connectivity index (χ1v) is 11.3. The van der Waals surface area contributed by atoms with E-state index in [2.05, 4.69) is 16.5 Å². The van der Waals surface area contributed by atoms with Gasteiger partial charge in [-0.2, -0.15) is 5.10 Å². The van der Waals surface area contributed by atoms with Crippen LogP contribution in [0.1, 0.15) is 43.2 Å². The normalized spacial score (nSPS) is 24.3. The molecule has 1 aliphatic carbocycles. The summed E-state index contributed by atoms with van der Waals surface area (Å²) in [4.78, 5) is 25.0. The van der Waals surface area contributed by atoms with Crippen molar-refractivity contribution in [3.8, 4) is 0 Å². The number of carbonyl (C=O) groups is 2. The fraction of sp³-hybridized carbons (Fsp3) is 0.526. The third kappa shape index (κ3) is 3.76. The van der Waals surface area contributed by atoms with Gasteiger partial charge in [-0.25, -0.2) is 13.4 Å². The maximum absolute atomic E-state index is 12.7. The lowest BCUT2D eigenvalue weighted by Gasteiger charge is -2.27. The van der Waals surface area contributed by atoms with Crippen molar-refractivity contribution in [1.29, 1.82) is 0 Å². The largest absolute Gasteiger partial charge is 0.321 e. The fourth-order valence-corrected chi connectivity index (χ4v) is 5.77. The number of hydrazone groups is 1. The summed E-state index contributed by atoms with van der Waals surface area (Å²) in [6.45, 7) is 0. The molecule has 144 valence electrons. The Morgan fingerprint density at radius 3 is 2.74 bits per heavy atom. The molecule has 1 atom stereocenters. The fourth-order valence-electron chi connectivity index (χ4n) is 4.08. The summed E-state index contributed by atoms with van der Waals surface area (Å²) in [5.74, 6) is -0.545. The molecule has 1 saturated heterocycles. The van der Waals surface area contributed by atoms with Crippen LogP contribution in [-0.2, 0) is 32.3 Å². The minimum Gasteiger partial charge on any atom is -0.321 e. The Kier molecular flexibility index (Phi) is 4.75. The van der Waals surface area contributed by atoms with Crippen molar-refractivity contribution in [2.24, 2.45) is 5.10 Å². The number of anilines is 1. The molecule has 0 aromatic heterocycles. The monoisotopic (exact) mass is 389 g/mol. The molecule has 2 heterocycles. The molecule has 2 aliphatic heterocycles. The summed E-state index contributed by atoms with van der Waals surface area (Å²) >= 11 is 0. The molecule has 7 nitrogen and oxygen atoms in total. The van der Waals surface area contributed by atoms with Gasteiger partial charge in [0.05, 0.1) is 17.5 Å². The first-order chi connectivity index (χ1) is 12.9. The van der Waals surface area contributed by atoms with Gasteiger partial charge in [0.25, 0.3) is 5.91 Å². The lowest BCUT2D eigenvalue weighted by Crippen LogP contribution is -2.42. The van der Waals surface area contributed by atoms with Crippen LogP contribution in [-0.4, -0.2) is 48.5 Å². The van der Waals surface area contributed by atoms with E-state index in [1.54, 1.807) is 0 Å². The smallest absolute Gasteiger partial charge is 0.271 e. The summed E-state index contributed by atoms with van der Waals surface area (Å²) in [7, 11) is -3.13. The number of aryl methyl sites for hydroxylation is 1. The number of nitrogens with one attached hydrogen (secondary N) is 1. The zero-order chi connectivity index (χ0) is 19.0. The Hall–Kier alpha value is -2.22. The molecular formula is C19H23N3O4S. The topological polar surface area (TPSA) is 95.9 Å². The number of nitrogens with zero attached hydrogens (tertiary/aromatic N) is 2. The zero-order valence-corrected chi connectivity index (χ0v) is 15.9. The van der Waals surface area contributed by atoms with Crippen molar-refractivity contribution in [2.75, 3.05) is 16.8 Å². The van der Waals surface area contributed by atoms with E-state index in [0.717, 1.165) is 24.9 Å². The first-order valence-electron chi connectivity index (χ1n) is 9.45. The highest BCUT2D eigenvalue weighted by Crippen LogP contribution is 2.28. The Balaban J connectivity index is 1.53. The van der Waals surface area contributed by atoms with Crippen molar-refractivity contribution in [1.82, 2.24) is 5.01 Å². The quantitative estimate of drug-likeness (QED) is 0.850. The average Bonchev–Trinajstić information content (AvgIpc) is 3.02. The van der Waals surface area contributed by atoms with Crippen LogP contribution in [0.4, 0.5) is 5.69 Å². The van der Waals surface area contributed by atoms with Gasteiger partial charge >= 0.3 is 0 Å². The molecule has 0 spiro atoms. The van der Waals surface area contributed by atoms with Crippen LogP contribution in [0.5, 0.6) is 0 Å². The number of hydrogen-bond acceptors (Lipinski definition) is 5. The van der Waals surface area contributed by atoms with Gasteiger partial charge in [-0.1, -0.05) is 12.1 Å². The molecule has 0 unspecified atom stereocenters. The predicted molar refractivity (Wildman–Crippen MR) is 102 cm³/mol. The second kappa shape index (κ2) is 7.07. The predicted octanol–water partition coefficient (Wildman–Crippen LogP) is 1.67. The molecule has 27 heavy (non-hydrogen) atoms. The van der Waals surface area contributed by atoms with Crippen molar-refractivity contribution < 1.29 is 18.0 Å². The molecule has 1 N–H and O–H groups in total. The Bertz CT molecular complexity index is 923. The third-order valence-electron chi connectivity index (χ3n) is 5.52. The van der Waals surface area contributed by atoms with Crippen molar-refractivity contribution in [3.05, 3.63) is 29.3 Å². The van der Waals surface area contributed by atoms with E-state index in [0.29, 0.717) is 6.42 Å². The Labute approximate surface area is 158 Å². The summed E-state index contributed by atoms with van der Waals surface area (Å²) in [6, 6.07) is 5.48. The molecular weight excluding hydrogens is 366 g/mol. The molecule has 4 rings (SSSR count). The van der Waals surface area contributed by atoms with Gasteiger partial charge in [-0.3, -0.25) is 9.59 Å². The van der Waals surface area contributed by atoms with Gasteiger partial charge in [-0.05, 0) is 49.3 Å². The molecule has 0 bridgehead atoms. The highest BCUT2D eigenvalue weighted by atomic mass is 32.2. The Morgan fingerprint density at radius 1 is 1.15 bits per heavy atom. The molecule has 2 amide bonds. The number of sulfone groups is 1. The highest BCUT2D eigenvalue weighted by Gasteiger charge is 2.37. The van der Waals surface area contributed by atoms with Crippen molar-refractivity contribution in [2.45, 2.75) is 51.0 Å². The summed E-state index contributed by atoms with van der Waals surface area (Å²) in [5.41, 5.74) is 3.56. The zero-order valence-electron chi connectivity index (χ0n) is 15.1. The average molecular weight is 389 g/mol. The van der Waals surface area contributed by atoms with Gasteiger partial charge in [0.2, 0.25) is 5.91 Å². The van der Waals surface area contributed by atoms with Crippen molar-refractivity contribution >= 4 is 33.1 Å². The van der Waals surface area contributed by atoms with Crippen molar-refractivity contribution in [3.63, 3.8) is 0 Å². The lowest BCUT2D eigenvalue weighted by molar-refractivity contribution is -0.133. The number of hydrogen-bond donors (Lipinski definition) is 1. The van der Waals surface area contributed by atoms with Crippen LogP contribution < -0.4 is 5.32 Å². The van der Waals surface area contributed by atoms with Gasteiger partial charge < -0.3 is 5.32 Å². The van der Waals surface area contributed by atoms with E-state index in [-0.39, 0.29) is 41.9 Å². The van der Waals surface area contributed by atoms with Crippen LogP contribution in [0.25, 0.3) is 0 Å². The number of benzene rings is 1. The van der Waals surface area contributed by atoms with E-state index in [1.165, 1.54) is 22.6 Å². The maximum Gasteiger partial charge on any atom is 0.271 e. The summed E-state index contributed by atoms with van der Waals surface area (Å²) in [6.07, 6.45) is 5.07. The number of amides is 2. The summed E-state index contributed by atoms with van der Waals surface area (Å²) in [5, 5.41) is 8.42. The molecule has 1 fully saturated rings. The second-order valence-corrected chi connectivity index (χ2v) is 9.68. The van der Waals surface area contributed by atoms with E-state index in [4.69, 9.17) is 0 Å². The highest BCUT2D eigenvalue weighted by molar-refractivity contribution is 7.91. The lowest BCUT2D eigenvalue weighted by atomic mass is 9.90. The van der Waals surface area contributed by atoms with E-state index in [1.807, 2.05) is 12.1 Å². The number of rotatable bonds is 3. The minimum atomic E-state index is -3.13. The van der Waals surface area contributed by atoms with Gasteiger partial charge in [0, 0.05) is 18.5 Å². The number of fused-ring (bicyclic) bond motifs is 1. The van der Waals surface area contributed by atoms with Crippen LogP contribution in [0.3, 0.4) is 0 Å². The maximum atomic E-state index is 12.7. The van der Waals surface area contributed by atoms with Crippen LogP contribution >= 0.6 is 0 Å². The SMILES string of the molecule is O=C(Nc1cccc2c1CCCC2)C1=NN([C@@H]2CCS(=O)(=O)C2)C(=O)CC1. The van der Waals surface area contributed by atoms with E-state index in [9.17, 15) is 18.0 Å². The molecule has 1 aromatic carbocycles.